The van der Waals surface area contributed by atoms with Crippen LogP contribution in [0.25, 0.3) is 0 Å². The summed E-state index contributed by atoms with van der Waals surface area (Å²) < 4.78 is 0.840. The van der Waals surface area contributed by atoms with E-state index in [1.807, 2.05) is 0 Å². The van der Waals surface area contributed by atoms with E-state index in [4.69, 9.17) is 5.11 Å². The minimum absolute atomic E-state index is 0.209. The molecule has 0 bridgehead atoms. The van der Waals surface area contributed by atoms with Crippen LogP contribution in [-0.4, -0.2) is 22.6 Å². The number of phenolic OH excluding ortho intramolecular Hbond substituents is 1. The first-order valence-corrected chi connectivity index (χ1v) is 3.80. The Labute approximate surface area is 71.2 Å². The Kier molecular flexibility index (Phi) is 2.69. The van der Waals surface area contributed by atoms with Crippen LogP contribution in [0.5, 0.6) is 5.75 Å². The van der Waals surface area contributed by atoms with Crippen molar-refractivity contribution < 1.29 is 9.85 Å². The average molecular weight is 165 g/mol. The summed E-state index contributed by atoms with van der Waals surface area (Å²) in [4.78, 5) is 0. The van der Waals surface area contributed by atoms with Crippen LogP contribution in [0.4, 0.5) is 0 Å². The predicted octanol–water partition coefficient (Wildman–Crippen LogP) is 1.34. The van der Waals surface area contributed by atoms with Gasteiger partial charge in [0.25, 0.3) is 0 Å². The summed E-state index contributed by atoms with van der Waals surface area (Å²) in [5.41, 5.74) is 0.796. The zero-order chi connectivity index (χ0) is 8.97. The molecule has 1 N–H and O–H groups in total. The molecule has 0 heterocycles. The van der Waals surface area contributed by atoms with Gasteiger partial charge >= 0.3 is 0 Å². The molecule has 0 unspecified atom stereocenters. The highest BCUT2D eigenvalue weighted by molar-refractivity contribution is 5.75. The SMILES string of the molecule is CC/[N+]([O-])=C/c1ccc(O)cc1. The normalized spacial score (nSPS) is 11.6. The number of hydroxylamine groups is 1. The molecule has 0 saturated carbocycles. The molecule has 0 aliphatic carbocycles. The topological polar surface area (TPSA) is 46.3 Å². The Morgan fingerprint density at radius 1 is 1.42 bits per heavy atom. The van der Waals surface area contributed by atoms with Crippen LogP contribution < -0.4 is 0 Å². The van der Waals surface area contributed by atoms with Crippen LogP contribution in [0.3, 0.4) is 0 Å². The number of hydrogen-bond acceptors (Lipinski definition) is 2. The predicted molar refractivity (Wildman–Crippen MR) is 47.4 cm³/mol. The summed E-state index contributed by atoms with van der Waals surface area (Å²) in [6, 6.07) is 6.48. The van der Waals surface area contributed by atoms with E-state index in [0.717, 1.165) is 10.3 Å². The van der Waals surface area contributed by atoms with Crippen molar-refractivity contribution in [1.82, 2.24) is 0 Å². The Morgan fingerprint density at radius 3 is 2.50 bits per heavy atom. The Balaban J connectivity index is 2.84. The zero-order valence-electron chi connectivity index (χ0n) is 6.90. The third-order valence-corrected chi connectivity index (χ3v) is 1.50. The minimum atomic E-state index is 0.209. The third-order valence-electron chi connectivity index (χ3n) is 1.50. The molecule has 3 heteroatoms. The van der Waals surface area contributed by atoms with E-state index < -0.39 is 0 Å². The van der Waals surface area contributed by atoms with Crippen molar-refractivity contribution in [2.45, 2.75) is 6.92 Å². The monoisotopic (exact) mass is 165 g/mol. The van der Waals surface area contributed by atoms with E-state index in [9.17, 15) is 5.21 Å². The molecule has 3 nitrogen and oxygen atoms in total. The quantitative estimate of drug-likeness (QED) is 0.311. The number of rotatable bonds is 2. The Hall–Kier alpha value is -1.51. The minimum Gasteiger partial charge on any atom is -0.624 e. The fraction of sp³-hybridized carbons (Fsp3) is 0.222. The number of hydrogen-bond donors (Lipinski definition) is 1. The van der Waals surface area contributed by atoms with Gasteiger partial charge in [-0.15, -0.1) is 0 Å². The summed E-state index contributed by atoms with van der Waals surface area (Å²) in [7, 11) is 0. The summed E-state index contributed by atoms with van der Waals surface area (Å²) >= 11 is 0. The van der Waals surface area contributed by atoms with Gasteiger partial charge in [0.1, 0.15) is 5.75 Å². The van der Waals surface area contributed by atoms with Gasteiger partial charge in [0, 0.05) is 5.56 Å². The van der Waals surface area contributed by atoms with Crippen molar-refractivity contribution >= 4 is 6.21 Å². The first-order chi connectivity index (χ1) is 5.72. The van der Waals surface area contributed by atoms with Gasteiger partial charge in [0.2, 0.25) is 0 Å². The molecule has 64 valence electrons. The van der Waals surface area contributed by atoms with Gasteiger partial charge in [-0.05, 0) is 31.2 Å². The second-order valence-corrected chi connectivity index (χ2v) is 2.45. The molecule has 1 aromatic carbocycles. The lowest BCUT2D eigenvalue weighted by Crippen LogP contribution is -2.03. The number of nitrogens with zero attached hydrogens (tertiary/aromatic N) is 1. The standard InChI is InChI=1S/C9H11NO2/c1-2-10(12)7-8-3-5-9(11)6-4-8/h3-7,11H,2H2,1H3/b10-7-. The van der Waals surface area contributed by atoms with Crippen LogP contribution >= 0.6 is 0 Å². The maximum Gasteiger partial charge on any atom is 0.181 e. The molecule has 12 heavy (non-hydrogen) atoms. The first kappa shape index (κ1) is 8.59. The lowest BCUT2D eigenvalue weighted by molar-refractivity contribution is -0.447. The molecule has 0 aliphatic heterocycles. The van der Waals surface area contributed by atoms with Gasteiger partial charge in [0.15, 0.2) is 12.8 Å². The highest BCUT2D eigenvalue weighted by Gasteiger charge is 1.92. The fourth-order valence-corrected chi connectivity index (χ4v) is 0.818. The van der Waals surface area contributed by atoms with Crippen LogP contribution in [0, 0.1) is 5.21 Å². The zero-order valence-corrected chi connectivity index (χ0v) is 6.90. The molecule has 1 rings (SSSR count). The van der Waals surface area contributed by atoms with Crippen LogP contribution in [0.1, 0.15) is 12.5 Å². The van der Waals surface area contributed by atoms with Crippen molar-refractivity contribution in [2.75, 3.05) is 6.54 Å². The molecule has 0 saturated heterocycles. The Morgan fingerprint density at radius 2 is 2.00 bits per heavy atom. The largest absolute Gasteiger partial charge is 0.624 e. The van der Waals surface area contributed by atoms with Crippen molar-refractivity contribution in [3.63, 3.8) is 0 Å². The van der Waals surface area contributed by atoms with E-state index in [2.05, 4.69) is 0 Å². The molecule has 0 aliphatic rings. The summed E-state index contributed by atoms with van der Waals surface area (Å²) in [5, 5.41) is 19.8. The fourth-order valence-electron chi connectivity index (χ4n) is 0.818. The maximum absolute atomic E-state index is 10.9. The molecule has 0 radical (unpaired) electrons. The Bertz CT molecular complexity index is 277. The van der Waals surface area contributed by atoms with Crippen LogP contribution in [0.15, 0.2) is 24.3 Å². The second kappa shape index (κ2) is 3.76. The maximum atomic E-state index is 10.9. The number of benzene rings is 1. The van der Waals surface area contributed by atoms with Crippen molar-refractivity contribution in [3.8, 4) is 5.75 Å². The van der Waals surface area contributed by atoms with E-state index in [1.165, 1.54) is 6.21 Å². The van der Waals surface area contributed by atoms with E-state index in [1.54, 1.807) is 31.2 Å². The lowest BCUT2D eigenvalue weighted by atomic mass is 10.2. The number of aromatic hydroxyl groups is 1. The molecule has 1 aromatic rings. The van der Waals surface area contributed by atoms with Crippen molar-refractivity contribution in [2.24, 2.45) is 0 Å². The van der Waals surface area contributed by atoms with E-state index >= 15 is 0 Å². The first-order valence-electron chi connectivity index (χ1n) is 3.80. The summed E-state index contributed by atoms with van der Waals surface area (Å²) in [6.45, 7) is 2.21. The van der Waals surface area contributed by atoms with Gasteiger partial charge in [-0.3, -0.25) is 0 Å². The molecule has 0 atom stereocenters. The van der Waals surface area contributed by atoms with Crippen molar-refractivity contribution in [1.29, 1.82) is 0 Å². The molecule has 0 spiro atoms. The highest BCUT2D eigenvalue weighted by Crippen LogP contribution is 2.07. The second-order valence-electron chi connectivity index (χ2n) is 2.45. The van der Waals surface area contributed by atoms with Crippen LogP contribution in [-0.2, 0) is 0 Å². The number of phenols is 1. The van der Waals surface area contributed by atoms with Gasteiger partial charge in [-0.25, -0.2) is 4.74 Å². The van der Waals surface area contributed by atoms with E-state index in [0.29, 0.717) is 6.54 Å². The summed E-state index contributed by atoms with van der Waals surface area (Å²) in [6.07, 6.45) is 1.49. The molecule has 0 aromatic heterocycles. The molecular weight excluding hydrogens is 154 g/mol. The molecule has 0 amide bonds. The van der Waals surface area contributed by atoms with Crippen LogP contribution in [0.2, 0.25) is 0 Å². The van der Waals surface area contributed by atoms with E-state index in [-0.39, 0.29) is 5.75 Å². The van der Waals surface area contributed by atoms with Gasteiger partial charge in [0.05, 0.1) is 0 Å². The average Bonchev–Trinajstić information content (AvgIpc) is 2.09. The van der Waals surface area contributed by atoms with Gasteiger partial charge < -0.3 is 10.3 Å². The van der Waals surface area contributed by atoms with Crippen molar-refractivity contribution in [3.05, 3.63) is 35.0 Å². The summed E-state index contributed by atoms with van der Waals surface area (Å²) in [5.74, 6) is 0.209. The highest BCUT2D eigenvalue weighted by atomic mass is 16.5. The molecular formula is C9H11NO2. The van der Waals surface area contributed by atoms with Gasteiger partial charge in [-0.2, -0.15) is 0 Å². The van der Waals surface area contributed by atoms with Gasteiger partial charge in [-0.1, -0.05) is 0 Å². The molecule has 0 fully saturated rings. The smallest absolute Gasteiger partial charge is 0.181 e. The third kappa shape index (κ3) is 2.27. The lowest BCUT2D eigenvalue weighted by Gasteiger charge is -1.99.